The number of hydrogen-bond acceptors (Lipinski definition) is 4. The van der Waals surface area contributed by atoms with Gasteiger partial charge in [-0.3, -0.25) is 0 Å². The number of benzene rings is 1. The molecule has 0 aliphatic carbocycles. The average molecular weight is 384 g/mol. The Kier molecular flexibility index (Phi) is 7.48. The van der Waals surface area contributed by atoms with E-state index in [9.17, 15) is 0 Å². The zero-order valence-electron chi connectivity index (χ0n) is 17.4. The van der Waals surface area contributed by atoms with E-state index in [1.165, 1.54) is 18.5 Å². The SMILES string of the molecule is CCNC(=NCc1nc(C)c(C)o1)NCC1CCN(CCc2ccccc2)C1. The summed E-state index contributed by atoms with van der Waals surface area (Å²) in [5.41, 5.74) is 2.35. The molecule has 1 aliphatic heterocycles. The van der Waals surface area contributed by atoms with Crippen molar-refractivity contribution in [1.29, 1.82) is 0 Å². The van der Waals surface area contributed by atoms with E-state index in [1.54, 1.807) is 0 Å². The maximum absolute atomic E-state index is 5.62. The molecule has 1 aromatic heterocycles. The van der Waals surface area contributed by atoms with Gasteiger partial charge in [0.2, 0.25) is 5.89 Å². The topological polar surface area (TPSA) is 65.7 Å². The molecule has 0 amide bonds. The second kappa shape index (κ2) is 10.3. The van der Waals surface area contributed by atoms with Crippen molar-refractivity contribution >= 4 is 5.96 Å². The predicted molar refractivity (Wildman–Crippen MR) is 113 cm³/mol. The molecule has 1 aromatic carbocycles. The van der Waals surface area contributed by atoms with Crippen LogP contribution in [-0.4, -0.2) is 48.6 Å². The lowest BCUT2D eigenvalue weighted by Gasteiger charge is -2.17. The van der Waals surface area contributed by atoms with E-state index >= 15 is 0 Å². The van der Waals surface area contributed by atoms with Crippen LogP contribution in [0.4, 0.5) is 0 Å². The fourth-order valence-electron chi connectivity index (χ4n) is 3.55. The van der Waals surface area contributed by atoms with Crippen LogP contribution in [0.2, 0.25) is 0 Å². The Bertz CT molecular complexity index is 736. The van der Waals surface area contributed by atoms with Gasteiger partial charge in [-0.2, -0.15) is 0 Å². The van der Waals surface area contributed by atoms with Gasteiger partial charge in [0.25, 0.3) is 0 Å². The molecular formula is C22H33N5O. The lowest BCUT2D eigenvalue weighted by Crippen LogP contribution is -2.40. The number of aliphatic imine (C=N–C) groups is 1. The second-order valence-electron chi connectivity index (χ2n) is 7.52. The summed E-state index contributed by atoms with van der Waals surface area (Å²) in [6.45, 7) is 11.7. The van der Waals surface area contributed by atoms with E-state index in [1.807, 2.05) is 13.8 Å². The van der Waals surface area contributed by atoms with Gasteiger partial charge in [-0.25, -0.2) is 9.98 Å². The molecule has 6 heteroatoms. The van der Waals surface area contributed by atoms with Gasteiger partial charge < -0.3 is 20.0 Å². The predicted octanol–water partition coefficient (Wildman–Crippen LogP) is 2.91. The first kappa shape index (κ1) is 20.4. The minimum Gasteiger partial charge on any atom is -0.444 e. The quantitative estimate of drug-likeness (QED) is 0.542. The van der Waals surface area contributed by atoms with Gasteiger partial charge in [0.1, 0.15) is 12.3 Å². The molecule has 6 nitrogen and oxygen atoms in total. The highest BCUT2D eigenvalue weighted by Crippen LogP contribution is 2.16. The number of guanidine groups is 1. The van der Waals surface area contributed by atoms with Crippen molar-refractivity contribution in [3.8, 4) is 0 Å². The van der Waals surface area contributed by atoms with E-state index < -0.39 is 0 Å². The van der Waals surface area contributed by atoms with E-state index in [2.05, 4.69) is 62.8 Å². The molecule has 1 fully saturated rings. The van der Waals surface area contributed by atoms with Crippen LogP contribution in [0.25, 0.3) is 0 Å². The third-order valence-corrected chi connectivity index (χ3v) is 5.28. The molecule has 0 spiro atoms. The Morgan fingerprint density at radius 2 is 2.07 bits per heavy atom. The highest BCUT2D eigenvalue weighted by atomic mass is 16.4. The van der Waals surface area contributed by atoms with E-state index in [4.69, 9.17) is 4.42 Å². The zero-order valence-corrected chi connectivity index (χ0v) is 17.4. The molecule has 28 heavy (non-hydrogen) atoms. The number of aromatic nitrogens is 1. The minimum absolute atomic E-state index is 0.456. The fraction of sp³-hybridized carbons (Fsp3) is 0.545. The van der Waals surface area contributed by atoms with Crippen LogP contribution in [-0.2, 0) is 13.0 Å². The number of aryl methyl sites for hydroxylation is 2. The van der Waals surface area contributed by atoms with Gasteiger partial charge in [0, 0.05) is 26.2 Å². The summed E-state index contributed by atoms with van der Waals surface area (Å²) in [6, 6.07) is 10.7. The van der Waals surface area contributed by atoms with Crippen LogP contribution < -0.4 is 10.6 Å². The Labute approximate surface area is 168 Å². The first-order valence-electron chi connectivity index (χ1n) is 10.4. The van der Waals surface area contributed by atoms with Gasteiger partial charge >= 0.3 is 0 Å². The summed E-state index contributed by atoms with van der Waals surface area (Å²) in [5, 5.41) is 6.80. The van der Waals surface area contributed by atoms with Gasteiger partial charge in [-0.15, -0.1) is 0 Å². The largest absolute Gasteiger partial charge is 0.444 e. The normalized spacial score (nSPS) is 17.8. The fourth-order valence-corrected chi connectivity index (χ4v) is 3.55. The molecule has 0 radical (unpaired) electrons. The van der Waals surface area contributed by atoms with E-state index in [0.717, 1.165) is 50.0 Å². The smallest absolute Gasteiger partial charge is 0.216 e. The molecule has 0 bridgehead atoms. The molecule has 1 atom stereocenters. The number of nitrogens with zero attached hydrogens (tertiary/aromatic N) is 3. The van der Waals surface area contributed by atoms with Crippen molar-refractivity contribution in [2.75, 3.05) is 32.7 Å². The maximum Gasteiger partial charge on any atom is 0.216 e. The van der Waals surface area contributed by atoms with Crippen molar-refractivity contribution in [2.45, 2.75) is 40.2 Å². The Morgan fingerprint density at radius 1 is 1.25 bits per heavy atom. The molecule has 152 valence electrons. The van der Waals surface area contributed by atoms with Crippen molar-refractivity contribution in [1.82, 2.24) is 20.5 Å². The molecular weight excluding hydrogens is 350 g/mol. The summed E-state index contributed by atoms with van der Waals surface area (Å²) in [6.07, 6.45) is 2.36. The lowest BCUT2D eigenvalue weighted by atomic mass is 10.1. The maximum atomic E-state index is 5.62. The first-order valence-corrected chi connectivity index (χ1v) is 10.4. The summed E-state index contributed by atoms with van der Waals surface area (Å²) >= 11 is 0. The van der Waals surface area contributed by atoms with E-state index in [-0.39, 0.29) is 0 Å². The standard InChI is InChI=1S/C22H33N5O/c1-4-23-22(25-15-21-26-17(2)18(3)28-21)24-14-20-11-13-27(16-20)12-10-19-8-6-5-7-9-19/h5-9,20H,4,10-16H2,1-3H3,(H2,23,24,25). The summed E-state index contributed by atoms with van der Waals surface area (Å²) in [5.74, 6) is 3.02. The molecule has 1 unspecified atom stereocenters. The third kappa shape index (κ3) is 6.09. The van der Waals surface area contributed by atoms with E-state index in [0.29, 0.717) is 18.4 Å². The van der Waals surface area contributed by atoms with Gasteiger partial charge in [-0.05, 0) is 51.6 Å². The molecule has 0 saturated carbocycles. The van der Waals surface area contributed by atoms with Crippen molar-refractivity contribution in [3.05, 3.63) is 53.2 Å². The van der Waals surface area contributed by atoms with Crippen LogP contribution in [0.1, 0.15) is 36.3 Å². The molecule has 1 aliphatic rings. The Balaban J connectivity index is 1.42. The molecule has 2 N–H and O–H groups in total. The van der Waals surface area contributed by atoms with Gasteiger partial charge in [0.05, 0.1) is 5.69 Å². The number of hydrogen-bond donors (Lipinski definition) is 2. The van der Waals surface area contributed by atoms with Gasteiger partial charge in [0.15, 0.2) is 5.96 Å². The first-order chi connectivity index (χ1) is 13.6. The Hall–Kier alpha value is -2.34. The third-order valence-electron chi connectivity index (χ3n) is 5.28. The number of nitrogens with one attached hydrogen (secondary N) is 2. The van der Waals surface area contributed by atoms with Crippen molar-refractivity contribution in [2.24, 2.45) is 10.9 Å². The number of oxazole rings is 1. The molecule has 2 heterocycles. The number of rotatable bonds is 8. The van der Waals surface area contributed by atoms with Crippen LogP contribution in [0, 0.1) is 19.8 Å². The van der Waals surface area contributed by atoms with Gasteiger partial charge in [-0.1, -0.05) is 30.3 Å². The van der Waals surface area contributed by atoms with Crippen LogP contribution in [0.15, 0.2) is 39.7 Å². The Morgan fingerprint density at radius 3 is 2.79 bits per heavy atom. The van der Waals surface area contributed by atoms with Crippen LogP contribution in [0.5, 0.6) is 0 Å². The molecule has 3 rings (SSSR count). The second-order valence-corrected chi connectivity index (χ2v) is 7.52. The summed E-state index contributed by atoms with van der Waals surface area (Å²) in [4.78, 5) is 11.6. The summed E-state index contributed by atoms with van der Waals surface area (Å²) < 4.78 is 5.62. The monoisotopic (exact) mass is 383 g/mol. The highest BCUT2D eigenvalue weighted by Gasteiger charge is 2.22. The van der Waals surface area contributed by atoms with Crippen molar-refractivity contribution in [3.63, 3.8) is 0 Å². The minimum atomic E-state index is 0.456. The number of likely N-dealkylation sites (tertiary alicyclic amines) is 1. The van der Waals surface area contributed by atoms with Crippen molar-refractivity contribution < 1.29 is 4.42 Å². The molecule has 2 aromatic rings. The average Bonchev–Trinajstić information content (AvgIpc) is 3.29. The highest BCUT2D eigenvalue weighted by molar-refractivity contribution is 5.79. The van der Waals surface area contributed by atoms with Crippen LogP contribution >= 0.6 is 0 Å². The molecule has 1 saturated heterocycles. The lowest BCUT2D eigenvalue weighted by molar-refractivity contribution is 0.328. The summed E-state index contributed by atoms with van der Waals surface area (Å²) in [7, 11) is 0. The zero-order chi connectivity index (χ0) is 19.8. The van der Waals surface area contributed by atoms with Crippen LogP contribution in [0.3, 0.4) is 0 Å².